The van der Waals surface area contributed by atoms with Gasteiger partial charge in [0.1, 0.15) is 0 Å². The number of aromatic nitrogens is 2. The minimum atomic E-state index is -3.25. The minimum Gasteiger partial charge on any atom is -0.306 e. The van der Waals surface area contributed by atoms with E-state index in [1.807, 2.05) is 49.4 Å². The molecule has 3 N–H and O–H groups in total. The Hall–Kier alpha value is -2.38. The smallest absolute Gasteiger partial charge is 0.306 e. The molecule has 0 aliphatic heterocycles. The first-order chi connectivity index (χ1) is 12.3. The van der Waals surface area contributed by atoms with Gasteiger partial charge >= 0.3 is 5.69 Å². The zero-order valence-electron chi connectivity index (χ0n) is 15.0. The van der Waals surface area contributed by atoms with Crippen LogP contribution in [0.25, 0.3) is 22.2 Å². The first kappa shape index (κ1) is 18.4. The molecule has 0 saturated carbocycles. The van der Waals surface area contributed by atoms with Crippen molar-refractivity contribution in [1.29, 1.82) is 0 Å². The summed E-state index contributed by atoms with van der Waals surface area (Å²) in [7, 11) is -3.25. The Morgan fingerprint density at radius 3 is 2.19 bits per heavy atom. The van der Waals surface area contributed by atoms with Gasteiger partial charge in [-0.25, -0.2) is 17.9 Å². The molecule has 3 aromatic rings. The van der Waals surface area contributed by atoms with Crippen molar-refractivity contribution in [3.05, 3.63) is 58.5 Å². The standard InChI is InChI=1S/C19H23N3O3S/c1-12(2)26(24,25)20-11-13(3)14-4-6-15(7-5-14)16-8-9-17-18(10-16)22-19(23)21-17/h4-10,12-13,20H,11H2,1-3H3,(H2,21,22,23). The molecule has 3 rings (SSSR count). The normalized spacial score (nSPS) is 13.4. The third-order valence-electron chi connectivity index (χ3n) is 4.54. The average Bonchev–Trinajstić information content (AvgIpc) is 2.99. The van der Waals surface area contributed by atoms with Crippen LogP contribution in [0.5, 0.6) is 0 Å². The summed E-state index contributed by atoms with van der Waals surface area (Å²) in [5.74, 6) is 0.0704. The van der Waals surface area contributed by atoms with Crippen LogP contribution in [-0.4, -0.2) is 30.2 Å². The molecule has 0 amide bonds. The maximum absolute atomic E-state index is 11.9. The van der Waals surface area contributed by atoms with Crippen molar-refractivity contribution in [1.82, 2.24) is 14.7 Å². The Balaban J connectivity index is 1.75. The summed E-state index contributed by atoms with van der Waals surface area (Å²) < 4.78 is 26.4. The monoisotopic (exact) mass is 373 g/mol. The Kier molecular flexibility index (Phi) is 5.02. The van der Waals surface area contributed by atoms with Crippen LogP contribution in [0.3, 0.4) is 0 Å². The van der Waals surface area contributed by atoms with E-state index in [2.05, 4.69) is 14.7 Å². The highest BCUT2D eigenvalue weighted by Gasteiger charge is 2.17. The molecule has 0 fully saturated rings. The molecule has 6 nitrogen and oxygen atoms in total. The van der Waals surface area contributed by atoms with Crippen LogP contribution >= 0.6 is 0 Å². The number of hydrogen-bond acceptors (Lipinski definition) is 3. The lowest BCUT2D eigenvalue weighted by Gasteiger charge is -2.15. The van der Waals surface area contributed by atoms with Crippen molar-refractivity contribution in [3.63, 3.8) is 0 Å². The van der Waals surface area contributed by atoms with Gasteiger partial charge in [-0.1, -0.05) is 37.3 Å². The first-order valence-electron chi connectivity index (χ1n) is 8.57. The number of imidazole rings is 1. The number of sulfonamides is 1. The fourth-order valence-corrected chi connectivity index (χ4v) is 3.56. The number of nitrogens with one attached hydrogen (secondary N) is 3. The molecule has 0 spiro atoms. The maximum Gasteiger partial charge on any atom is 0.323 e. The second-order valence-corrected chi connectivity index (χ2v) is 9.13. The van der Waals surface area contributed by atoms with E-state index in [1.165, 1.54) is 0 Å². The molecule has 1 aromatic heterocycles. The predicted molar refractivity (Wildman–Crippen MR) is 105 cm³/mol. The van der Waals surface area contributed by atoms with E-state index < -0.39 is 15.3 Å². The van der Waals surface area contributed by atoms with E-state index in [4.69, 9.17) is 0 Å². The summed E-state index contributed by atoms with van der Waals surface area (Å²) in [4.78, 5) is 16.9. The van der Waals surface area contributed by atoms with Crippen molar-refractivity contribution in [2.24, 2.45) is 0 Å². The largest absolute Gasteiger partial charge is 0.323 e. The molecule has 138 valence electrons. The van der Waals surface area contributed by atoms with Crippen LogP contribution in [0.1, 0.15) is 32.3 Å². The highest BCUT2D eigenvalue weighted by atomic mass is 32.2. The number of benzene rings is 2. The van der Waals surface area contributed by atoms with Gasteiger partial charge in [-0.2, -0.15) is 0 Å². The number of fused-ring (bicyclic) bond motifs is 1. The topological polar surface area (TPSA) is 94.8 Å². The molecule has 26 heavy (non-hydrogen) atoms. The molecule has 1 unspecified atom stereocenters. The second kappa shape index (κ2) is 7.09. The summed E-state index contributed by atoms with van der Waals surface area (Å²) in [6.45, 7) is 5.69. The third kappa shape index (κ3) is 3.89. The first-order valence-corrected chi connectivity index (χ1v) is 10.1. The summed E-state index contributed by atoms with van der Waals surface area (Å²) >= 11 is 0. The Bertz CT molecular complexity index is 1060. The summed E-state index contributed by atoms with van der Waals surface area (Å²) in [5.41, 5.74) is 4.44. The number of rotatable bonds is 6. The molecule has 0 bridgehead atoms. The highest BCUT2D eigenvalue weighted by Crippen LogP contribution is 2.24. The van der Waals surface area contributed by atoms with Crippen LogP contribution in [-0.2, 0) is 10.0 Å². The maximum atomic E-state index is 11.9. The Morgan fingerprint density at radius 1 is 0.923 bits per heavy atom. The van der Waals surface area contributed by atoms with Gasteiger partial charge in [0.05, 0.1) is 16.3 Å². The lowest BCUT2D eigenvalue weighted by Crippen LogP contribution is -2.33. The molecule has 0 radical (unpaired) electrons. The van der Waals surface area contributed by atoms with Crippen LogP contribution in [0.15, 0.2) is 47.3 Å². The van der Waals surface area contributed by atoms with E-state index >= 15 is 0 Å². The number of hydrogen-bond donors (Lipinski definition) is 3. The van der Waals surface area contributed by atoms with Crippen molar-refractivity contribution < 1.29 is 8.42 Å². The van der Waals surface area contributed by atoms with Crippen LogP contribution in [0.4, 0.5) is 0 Å². The molecule has 2 aromatic carbocycles. The molecule has 7 heteroatoms. The Labute approximate surface area is 152 Å². The summed E-state index contributed by atoms with van der Waals surface area (Å²) in [5, 5.41) is -0.438. The van der Waals surface area contributed by atoms with Gasteiger partial charge in [0.25, 0.3) is 0 Å². The van der Waals surface area contributed by atoms with Crippen molar-refractivity contribution >= 4 is 21.1 Å². The molecular formula is C19H23N3O3S. The van der Waals surface area contributed by atoms with E-state index in [-0.39, 0.29) is 11.6 Å². The van der Waals surface area contributed by atoms with E-state index in [0.717, 1.165) is 27.7 Å². The van der Waals surface area contributed by atoms with E-state index in [9.17, 15) is 13.2 Å². The Morgan fingerprint density at radius 2 is 1.54 bits per heavy atom. The lowest BCUT2D eigenvalue weighted by molar-refractivity contribution is 0.566. The SMILES string of the molecule is CC(CNS(=O)(=O)C(C)C)c1ccc(-c2ccc3[nH]c(=O)[nH]c3c2)cc1. The fraction of sp³-hybridized carbons (Fsp3) is 0.316. The second-order valence-electron chi connectivity index (χ2n) is 6.80. The molecule has 0 aliphatic rings. The van der Waals surface area contributed by atoms with Gasteiger partial charge in [-0.05, 0) is 48.6 Å². The van der Waals surface area contributed by atoms with Gasteiger partial charge in [0.15, 0.2) is 0 Å². The quantitative estimate of drug-likeness (QED) is 0.620. The minimum absolute atomic E-state index is 0.0704. The summed E-state index contributed by atoms with van der Waals surface area (Å²) in [6.07, 6.45) is 0. The van der Waals surface area contributed by atoms with Gasteiger partial charge < -0.3 is 9.97 Å². The predicted octanol–water partition coefficient (Wildman–Crippen LogP) is 2.95. The highest BCUT2D eigenvalue weighted by molar-refractivity contribution is 7.90. The van der Waals surface area contributed by atoms with Gasteiger partial charge in [0, 0.05) is 6.54 Å². The molecular weight excluding hydrogens is 350 g/mol. The van der Waals surface area contributed by atoms with Gasteiger partial charge in [-0.3, -0.25) is 0 Å². The third-order valence-corrected chi connectivity index (χ3v) is 6.35. The van der Waals surface area contributed by atoms with Crippen molar-refractivity contribution in [2.75, 3.05) is 6.54 Å². The number of H-pyrrole nitrogens is 2. The molecule has 1 heterocycles. The van der Waals surface area contributed by atoms with Gasteiger partial charge in [0.2, 0.25) is 10.0 Å². The molecule has 0 saturated heterocycles. The zero-order valence-corrected chi connectivity index (χ0v) is 15.9. The number of aromatic amines is 2. The van der Waals surface area contributed by atoms with E-state index in [1.54, 1.807) is 13.8 Å². The fourth-order valence-electron chi connectivity index (χ4n) is 2.74. The van der Waals surface area contributed by atoms with Crippen molar-refractivity contribution in [2.45, 2.75) is 31.9 Å². The van der Waals surface area contributed by atoms with Crippen molar-refractivity contribution in [3.8, 4) is 11.1 Å². The van der Waals surface area contributed by atoms with Crippen LogP contribution in [0, 0.1) is 0 Å². The van der Waals surface area contributed by atoms with E-state index in [0.29, 0.717) is 6.54 Å². The molecule has 1 atom stereocenters. The molecule has 0 aliphatic carbocycles. The van der Waals surface area contributed by atoms with Crippen LogP contribution in [0.2, 0.25) is 0 Å². The average molecular weight is 373 g/mol. The zero-order chi connectivity index (χ0) is 18.9. The van der Waals surface area contributed by atoms with Gasteiger partial charge in [-0.15, -0.1) is 0 Å². The summed E-state index contributed by atoms with van der Waals surface area (Å²) in [6, 6.07) is 13.8. The lowest BCUT2D eigenvalue weighted by atomic mass is 9.97. The van der Waals surface area contributed by atoms with Crippen LogP contribution < -0.4 is 10.4 Å².